The molecule has 0 aliphatic carbocycles. The first-order valence-electron chi connectivity index (χ1n) is 6.24. The monoisotopic (exact) mass is 249 g/mol. The number of pyridine rings is 1. The largest absolute Gasteiger partial charge is 0.271 e. The minimum Gasteiger partial charge on any atom is -0.271 e. The first-order valence-corrected chi connectivity index (χ1v) is 6.24. The second-order valence-electron chi connectivity index (χ2n) is 4.47. The zero-order valence-corrected chi connectivity index (χ0v) is 10.5. The van der Waals surface area contributed by atoms with Gasteiger partial charge in [0, 0.05) is 11.6 Å². The van der Waals surface area contributed by atoms with Crippen LogP contribution in [0.1, 0.15) is 17.2 Å². The molecule has 0 radical (unpaired) electrons. The van der Waals surface area contributed by atoms with Crippen LogP contribution in [0, 0.1) is 0 Å². The number of aromatic nitrogens is 1. The summed E-state index contributed by atoms with van der Waals surface area (Å²) in [5.74, 6) is 5.70. The van der Waals surface area contributed by atoms with Gasteiger partial charge in [0.15, 0.2) is 0 Å². The Hall–Kier alpha value is -2.23. The smallest absolute Gasteiger partial charge is 0.0725 e. The lowest BCUT2D eigenvalue weighted by Crippen LogP contribution is -2.28. The molecule has 3 N–H and O–H groups in total. The van der Waals surface area contributed by atoms with E-state index in [9.17, 15) is 0 Å². The number of rotatable bonds is 3. The van der Waals surface area contributed by atoms with Gasteiger partial charge in [-0.15, -0.1) is 0 Å². The van der Waals surface area contributed by atoms with Gasteiger partial charge in [-0.2, -0.15) is 0 Å². The number of benzene rings is 2. The molecule has 1 aromatic heterocycles. The molecule has 0 bridgehead atoms. The van der Waals surface area contributed by atoms with Crippen molar-refractivity contribution in [3.63, 3.8) is 0 Å². The third kappa shape index (κ3) is 2.34. The van der Waals surface area contributed by atoms with Crippen molar-refractivity contribution < 1.29 is 0 Å². The maximum Gasteiger partial charge on any atom is 0.0725 e. The van der Waals surface area contributed by atoms with Gasteiger partial charge in [-0.25, -0.2) is 5.43 Å². The highest BCUT2D eigenvalue weighted by Crippen LogP contribution is 2.23. The van der Waals surface area contributed by atoms with E-state index in [0.29, 0.717) is 0 Å². The number of para-hydroxylation sites is 1. The topological polar surface area (TPSA) is 50.9 Å². The summed E-state index contributed by atoms with van der Waals surface area (Å²) >= 11 is 0. The highest BCUT2D eigenvalue weighted by molar-refractivity contribution is 5.78. The van der Waals surface area contributed by atoms with Gasteiger partial charge in [-0.1, -0.05) is 48.5 Å². The molecule has 0 saturated carbocycles. The molecule has 0 fully saturated rings. The summed E-state index contributed by atoms with van der Waals surface area (Å²) in [5.41, 5.74) is 6.04. The van der Waals surface area contributed by atoms with Crippen molar-refractivity contribution in [2.24, 2.45) is 5.84 Å². The van der Waals surface area contributed by atoms with Gasteiger partial charge in [0.1, 0.15) is 0 Å². The Morgan fingerprint density at radius 3 is 2.42 bits per heavy atom. The normalized spacial score (nSPS) is 12.5. The van der Waals surface area contributed by atoms with E-state index >= 15 is 0 Å². The molecule has 0 spiro atoms. The summed E-state index contributed by atoms with van der Waals surface area (Å²) in [6.45, 7) is 0. The summed E-state index contributed by atoms with van der Waals surface area (Å²) in [6.07, 6.45) is 1.87. The molecule has 3 rings (SSSR count). The SMILES string of the molecule is NNC(c1ccccc1)c1cnc2ccccc2c1. The van der Waals surface area contributed by atoms with E-state index in [0.717, 1.165) is 22.0 Å². The maximum atomic E-state index is 5.70. The predicted molar refractivity (Wildman–Crippen MR) is 77.4 cm³/mol. The predicted octanol–water partition coefficient (Wildman–Crippen LogP) is 2.79. The van der Waals surface area contributed by atoms with Gasteiger partial charge in [-0.3, -0.25) is 10.8 Å². The van der Waals surface area contributed by atoms with Crippen LogP contribution in [0.3, 0.4) is 0 Å². The van der Waals surface area contributed by atoms with E-state index in [4.69, 9.17) is 5.84 Å². The number of hydrazine groups is 1. The lowest BCUT2D eigenvalue weighted by molar-refractivity contribution is 0.636. The van der Waals surface area contributed by atoms with Crippen LogP contribution < -0.4 is 11.3 Å². The van der Waals surface area contributed by atoms with Crippen LogP contribution in [0.15, 0.2) is 66.9 Å². The number of nitrogens with zero attached hydrogens (tertiary/aromatic N) is 1. The Morgan fingerprint density at radius 2 is 1.63 bits per heavy atom. The molecule has 19 heavy (non-hydrogen) atoms. The second-order valence-corrected chi connectivity index (χ2v) is 4.47. The fourth-order valence-electron chi connectivity index (χ4n) is 2.28. The molecular weight excluding hydrogens is 234 g/mol. The van der Waals surface area contributed by atoms with Gasteiger partial charge in [-0.05, 0) is 23.3 Å². The van der Waals surface area contributed by atoms with E-state index in [1.807, 2.05) is 42.6 Å². The Morgan fingerprint density at radius 1 is 0.895 bits per heavy atom. The minimum atomic E-state index is -0.0432. The highest BCUT2D eigenvalue weighted by Gasteiger charge is 2.12. The molecule has 3 heteroatoms. The Bertz CT molecular complexity index is 680. The van der Waals surface area contributed by atoms with Crippen molar-refractivity contribution >= 4 is 10.9 Å². The van der Waals surface area contributed by atoms with Gasteiger partial charge in [0.05, 0.1) is 11.6 Å². The number of fused-ring (bicyclic) bond motifs is 1. The van der Waals surface area contributed by atoms with Crippen LogP contribution in [0.5, 0.6) is 0 Å². The Labute approximate surface area is 112 Å². The average Bonchev–Trinajstić information content (AvgIpc) is 2.49. The highest BCUT2D eigenvalue weighted by atomic mass is 15.2. The number of hydrogen-bond donors (Lipinski definition) is 2. The van der Waals surface area contributed by atoms with Crippen LogP contribution in [0.2, 0.25) is 0 Å². The molecular formula is C16H15N3. The first-order chi connectivity index (χ1) is 9.38. The quantitative estimate of drug-likeness (QED) is 0.554. The van der Waals surface area contributed by atoms with Crippen molar-refractivity contribution in [2.75, 3.05) is 0 Å². The summed E-state index contributed by atoms with van der Waals surface area (Å²) in [5, 5.41) is 1.12. The zero-order valence-electron chi connectivity index (χ0n) is 10.5. The molecule has 1 atom stereocenters. The summed E-state index contributed by atoms with van der Waals surface area (Å²) in [4.78, 5) is 4.48. The van der Waals surface area contributed by atoms with E-state index in [1.54, 1.807) is 0 Å². The summed E-state index contributed by atoms with van der Waals surface area (Å²) in [6, 6.07) is 20.3. The summed E-state index contributed by atoms with van der Waals surface area (Å²) < 4.78 is 0. The molecule has 0 amide bonds. The number of nitrogens with two attached hydrogens (primary N) is 1. The van der Waals surface area contributed by atoms with Crippen molar-refractivity contribution in [1.82, 2.24) is 10.4 Å². The molecule has 2 aromatic carbocycles. The van der Waals surface area contributed by atoms with E-state index in [1.165, 1.54) is 0 Å². The minimum absolute atomic E-state index is 0.0432. The zero-order chi connectivity index (χ0) is 13.1. The van der Waals surface area contributed by atoms with Gasteiger partial charge < -0.3 is 0 Å². The van der Waals surface area contributed by atoms with Crippen LogP contribution in [-0.4, -0.2) is 4.98 Å². The summed E-state index contributed by atoms with van der Waals surface area (Å²) in [7, 11) is 0. The second kappa shape index (κ2) is 5.18. The van der Waals surface area contributed by atoms with Gasteiger partial charge in [0.25, 0.3) is 0 Å². The maximum absolute atomic E-state index is 5.70. The molecule has 1 heterocycles. The van der Waals surface area contributed by atoms with Crippen molar-refractivity contribution in [1.29, 1.82) is 0 Å². The molecule has 94 valence electrons. The molecule has 1 unspecified atom stereocenters. The van der Waals surface area contributed by atoms with E-state index < -0.39 is 0 Å². The van der Waals surface area contributed by atoms with Crippen molar-refractivity contribution in [3.05, 3.63) is 78.0 Å². The van der Waals surface area contributed by atoms with Gasteiger partial charge in [0.2, 0.25) is 0 Å². The van der Waals surface area contributed by atoms with Crippen molar-refractivity contribution in [2.45, 2.75) is 6.04 Å². The third-order valence-electron chi connectivity index (χ3n) is 3.24. The fourth-order valence-corrected chi connectivity index (χ4v) is 2.28. The van der Waals surface area contributed by atoms with Crippen LogP contribution >= 0.6 is 0 Å². The lowest BCUT2D eigenvalue weighted by Gasteiger charge is -2.16. The Kier molecular flexibility index (Phi) is 3.23. The third-order valence-corrected chi connectivity index (χ3v) is 3.24. The standard InChI is InChI=1S/C16H15N3/c17-19-16(12-6-2-1-3-7-12)14-10-13-8-4-5-9-15(13)18-11-14/h1-11,16,19H,17H2. The molecule has 0 aliphatic rings. The molecule has 3 aromatic rings. The average molecular weight is 249 g/mol. The van der Waals surface area contributed by atoms with E-state index in [-0.39, 0.29) is 6.04 Å². The number of nitrogens with one attached hydrogen (secondary N) is 1. The van der Waals surface area contributed by atoms with E-state index in [2.05, 4.69) is 34.7 Å². The van der Waals surface area contributed by atoms with Crippen LogP contribution in [0.25, 0.3) is 10.9 Å². The number of hydrogen-bond acceptors (Lipinski definition) is 3. The molecule has 0 aliphatic heterocycles. The first kappa shape index (κ1) is 11.8. The van der Waals surface area contributed by atoms with Crippen LogP contribution in [-0.2, 0) is 0 Å². The van der Waals surface area contributed by atoms with Crippen molar-refractivity contribution in [3.8, 4) is 0 Å². The molecule has 0 saturated heterocycles. The van der Waals surface area contributed by atoms with Gasteiger partial charge >= 0.3 is 0 Å². The fraction of sp³-hybridized carbons (Fsp3) is 0.0625. The molecule has 3 nitrogen and oxygen atoms in total. The Balaban J connectivity index is 2.06. The van der Waals surface area contributed by atoms with Crippen LogP contribution in [0.4, 0.5) is 0 Å². The lowest BCUT2D eigenvalue weighted by atomic mass is 9.99.